The number of benzene rings is 2. The molecule has 29 heavy (non-hydrogen) atoms. The Kier molecular flexibility index (Phi) is 5.38. The minimum atomic E-state index is -0.424. The zero-order chi connectivity index (χ0) is 20.4. The Morgan fingerprint density at radius 2 is 2.14 bits per heavy atom. The van der Waals surface area contributed by atoms with Crippen LogP contribution in [0.25, 0.3) is 15.5 Å². The van der Waals surface area contributed by atoms with Crippen molar-refractivity contribution in [1.29, 1.82) is 0 Å². The summed E-state index contributed by atoms with van der Waals surface area (Å²) in [6.45, 7) is 0. The van der Waals surface area contributed by atoms with E-state index in [1.54, 1.807) is 23.0 Å². The standard InChI is InChI=1S/C18H13ClN6O2S2/c1-27-14-6-5-11(19)8-13(14)15(26)22-17(28)21-12-4-2-3-10(7-12)16-24-25-9-20-23-18(25)29-16/h2-9H,1H3,(H2,21,22,26,28). The van der Waals surface area contributed by atoms with Crippen molar-refractivity contribution in [1.82, 2.24) is 25.1 Å². The molecule has 4 aromatic rings. The minimum Gasteiger partial charge on any atom is -0.496 e. The predicted molar refractivity (Wildman–Crippen MR) is 116 cm³/mol. The van der Waals surface area contributed by atoms with E-state index in [2.05, 4.69) is 25.9 Å². The molecule has 2 aromatic carbocycles. The molecule has 0 spiro atoms. The predicted octanol–water partition coefficient (Wildman–Crippen LogP) is 3.64. The minimum absolute atomic E-state index is 0.146. The molecule has 0 saturated carbocycles. The zero-order valence-corrected chi connectivity index (χ0v) is 17.3. The zero-order valence-electron chi connectivity index (χ0n) is 14.9. The summed E-state index contributed by atoms with van der Waals surface area (Å²) in [6.07, 6.45) is 1.55. The SMILES string of the molecule is COc1ccc(Cl)cc1C(=O)NC(=S)Nc1cccc(-c2nn3cnnc3s2)c1. The van der Waals surface area contributed by atoms with Crippen molar-refractivity contribution in [3.05, 3.63) is 59.4 Å². The first-order valence-corrected chi connectivity index (χ1v) is 9.87. The van der Waals surface area contributed by atoms with Crippen LogP contribution in [0, 0.1) is 0 Å². The second-order valence-corrected chi connectivity index (χ2v) is 7.60. The highest BCUT2D eigenvalue weighted by Gasteiger charge is 2.15. The lowest BCUT2D eigenvalue weighted by atomic mass is 10.2. The topological polar surface area (TPSA) is 93.4 Å². The van der Waals surface area contributed by atoms with E-state index in [4.69, 9.17) is 28.6 Å². The molecule has 0 aliphatic carbocycles. The van der Waals surface area contributed by atoms with Gasteiger partial charge < -0.3 is 10.1 Å². The number of ether oxygens (including phenoxy) is 1. The summed E-state index contributed by atoms with van der Waals surface area (Å²) in [6, 6.07) is 12.3. The summed E-state index contributed by atoms with van der Waals surface area (Å²) in [7, 11) is 1.48. The molecule has 2 N–H and O–H groups in total. The van der Waals surface area contributed by atoms with Gasteiger partial charge in [0.15, 0.2) is 5.11 Å². The molecule has 2 heterocycles. The fraction of sp³-hybridized carbons (Fsp3) is 0.0556. The third-order valence-corrected chi connectivity index (χ3v) is 5.29. The number of thiocarbonyl (C=S) groups is 1. The lowest BCUT2D eigenvalue weighted by molar-refractivity contribution is 0.0975. The Morgan fingerprint density at radius 1 is 1.28 bits per heavy atom. The van der Waals surface area contributed by atoms with Crippen LogP contribution in [-0.4, -0.2) is 37.9 Å². The number of nitrogens with zero attached hydrogens (tertiary/aromatic N) is 4. The Morgan fingerprint density at radius 3 is 2.93 bits per heavy atom. The molecule has 8 nitrogen and oxygen atoms in total. The third kappa shape index (κ3) is 4.19. The molecule has 2 aromatic heterocycles. The van der Waals surface area contributed by atoms with E-state index < -0.39 is 5.91 Å². The lowest BCUT2D eigenvalue weighted by Gasteiger charge is -2.12. The highest BCUT2D eigenvalue weighted by Crippen LogP contribution is 2.27. The van der Waals surface area contributed by atoms with Gasteiger partial charge in [-0.05, 0) is 42.5 Å². The highest BCUT2D eigenvalue weighted by atomic mass is 35.5. The first-order chi connectivity index (χ1) is 14.0. The maximum absolute atomic E-state index is 12.5. The van der Waals surface area contributed by atoms with Crippen LogP contribution in [0.4, 0.5) is 5.69 Å². The van der Waals surface area contributed by atoms with E-state index in [1.807, 2.05) is 24.3 Å². The van der Waals surface area contributed by atoms with E-state index >= 15 is 0 Å². The van der Waals surface area contributed by atoms with Gasteiger partial charge in [-0.1, -0.05) is 35.1 Å². The van der Waals surface area contributed by atoms with Gasteiger partial charge in [0.1, 0.15) is 17.1 Å². The van der Waals surface area contributed by atoms with E-state index in [0.29, 0.717) is 21.4 Å². The normalized spacial score (nSPS) is 10.7. The number of hydrogen-bond acceptors (Lipinski definition) is 7. The number of methoxy groups -OCH3 is 1. The van der Waals surface area contributed by atoms with Gasteiger partial charge >= 0.3 is 0 Å². The van der Waals surface area contributed by atoms with Crippen molar-refractivity contribution >= 4 is 56.8 Å². The molecule has 0 radical (unpaired) electrons. The summed E-state index contributed by atoms with van der Waals surface area (Å²) < 4.78 is 6.82. The van der Waals surface area contributed by atoms with Crippen LogP contribution in [0.3, 0.4) is 0 Å². The fourth-order valence-corrected chi connectivity index (χ4v) is 3.80. The largest absolute Gasteiger partial charge is 0.496 e. The van der Waals surface area contributed by atoms with E-state index in [-0.39, 0.29) is 10.7 Å². The summed E-state index contributed by atoms with van der Waals surface area (Å²) in [5.41, 5.74) is 1.88. The highest BCUT2D eigenvalue weighted by molar-refractivity contribution is 7.80. The average Bonchev–Trinajstić information content (AvgIpc) is 3.30. The van der Waals surface area contributed by atoms with Crippen LogP contribution >= 0.6 is 35.2 Å². The van der Waals surface area contributed by atoms with Crippen LogP contribution in [0.5, 0.6) is 5.75 Å². The molecular weight excluding hydrogens is 432 g/mol. The Bertz CT molecular complexity index is 1190. The van der Waals surface area contributed by atoms with Crippen molar-refractivity contribution in [2.75, 3.05) is 12.4 Å². The van der Waals surface area contributed by atoms with Gasteiger partial charge in [0.05, 0.1) is 12.7 Å². The number of halogens is 1. The van der Waals surface area contributed by atoms with E-state index in [1.165, 1.54) is 24.5 Å². The fourth-order valence-electron chi connectivity index (χ4n) is 2.60. The molecule has 4 rings (SSSR count). The van der Waals surface area contributed by atoms with Gasteiger partial charge in [-0.3, -0.25) is 10.1 Å². The lowest BCUT2D eigenvalue weighted by Crippen LogP contribution is -2.34. The van der Waals surface area contributed by atoms with Gasteiger partial charge in [-0.25, -0.2) is 0 Å². The number of amides is 1. The molecule has 0 bridgehead atoms. The van der Waals surface area contributed by atoms with E-state index in [9.17, 15) is 4.79 Å². The molecule has 0 fully saturated rings. The van der Waals surface area contributed by atoms with Crippen LogP contribution in [0.1, 0.15) is 10.4 Å². The number of rotatable bonds is 4. The van der Waals surface area contributed by atoms with Crippen molar-refractivity contribution in [3.8, 4) is 16.3 Å². The third-order valence-electron chi connectivity index (χ3n) is 3.89. The Balaban J connectivity index is 1.48. The van der Waals surface area contributed by atoms with Gasteiger partial charge in [0.25, 0.3) is 5.91 Å². The van der Waals surface area contributed by atoms with Crippen molar-refractivity contribution in [2.45, 2.75) is 0 Å². The number of fused-ring (bicyclic) bond motifs is 1. The maximum atomic E-state index is 12.5. The van der Waals surface area contributed by atoms with Gasteiger partial charge in [-0.2, -0.15) is 9.61 Å². The number of anilines is 1. The molecule has 0 aliphatic rings. The Labute approximate surface area is 179 Å². The number of carbonyl (C=O) groups is 1. The summed E-state index contributed by atoms with van der Waals surface area (Å²) in [4.78, 5) is 13.2. The first-order valence-electron chi connectivity index (χ1n) is 8.26. The molecule has 0 atom stereocenters. The smallest absolute Gasteiger partial charge is 0.261 e. The van der Waals surface area contributed by atoms with Crippen LogP contribution in [0.15, 0.2) is 48.8 Å². The van der Waals surface area contributed by atoms with Crippen LogP contribution in [0.2, 0.25) is 5.02 Å². The summed E-state index contributed by atoms with van der Waals surface area (Å²) in [5.74, 6) is -0.0216. The van der Waals surface area contributed by atoms with Crippen LogP contribution in [-0.2, 0) is 0 Å². The molecule has 11 heteroatoms. The van der Waals surface area contributed by atoms with Gasteiger partial charge in [-0.15, -0.1) is 10.2 Å². The van der Waals surface area contributed by atoms with Crippen molar-refractivity contribution < 1.29 is 9.53 Å². The molecule has 1 amide bonds. The Hall–Kier alpha value is -3.08. The molecule has 146 valence electrons. The molecule has 0 saturated heterocycles. The second kappa shape index (κ2) is 8.11. The number of carbonyl (C=O) groups excluding carboxylic acids is 1. The molecule has 0 unspecified atom stereocenters. The quantitative estimate of drug-likeness (QED) is 0.464. The van der Waals surface area contributed by atoms with Gasteiger partial charge in [0, 0.05) is 16.3 Å². The number of hydrogen-bond donors (Lipinski definition) is 2. The first kappa shape index (κ1) is 19.2. The maximum Gasteiger partial charge on any atom is 0.261 e. The summed E-state index contributed by atoms with van der Waals surface area (Å²) in [5, 5.41) is 19.2. The second-order valence-electron chi connectivity index (χ2n) is 5.80. The molecular formula is C18H13ClN6O2S2. The monoisotopic (exact) mass is 444 g/mol. The number of aromatic nitrogens is 4. The summed E-state index contributed by atoms with van der Waals surface area (Å²) >= 11 is 12.7. The van der Waals surface area contributed by atoms with Crippen LogP contribution < -0.4 is 15.4 Å². The average molecular weight is 445 g/mol. The van der Waals surface area contributed by atoms with Gasteiger partial charge in [0.2, 0.25) is 4.96 Å². The van der Waals surface area contributed by atoms with Crippen molar-refractivity contribution in [2.24, 2.45) is 0 Å². The number of nitrogens with one attached hydrogen (secondary N) is 2. The van der Waals surface area contributed by atoms with E-state index in [0.717, 1.165) is 10.6 Å². The van der Waals surface area contributed by atoms with Crippen molar-refractivity contribution in [3.63, 3.8) is 0 Å². The molecule has 0 aliphatic heterocycles.